The van der Waals surface area contributed by atoms with Gasteiger partial charge in [-0.2, -0.15) is 5.70 Å². The molecule has 2 aromatic carbocycles. The van der Waals surface area contributed by atoms with Crippen molar-refractivity contribution in [3.63, 3.8) is 0 Å². The molecule has 0 N–H and O–H groups in total. The van der Waals surface area contributed by atoms with E-state index in [9.17, 15) is 0 Å². The van der Waals surface area contributed by atoms with Gasteiger partial charge in [0.1, 0.15) is 0 Å². The molecule has 0 aliphatic heterocycles. The smallest absolute Gasteiger partial charge is 0.0951 e. The van der Waals surface area contributed by atoms with Gasteiger partial charge in [0.15, 0.2) is 0 Å². The largest absolute Gasteiger partial charge is 0.342 e. The van der Waals surface area contributed by atoms with Crippen molar-refractivity contribution in [2.45, 2.75) is 133 Å². The van der Waals surface area contributed by atoms with E-state index in [2.05, 4.69) is 180 Å². The van der Waals surface area contributed by atoms with Crippen LogP contribution in [0.3, 0.4) is 0 Å². The predicted octanol–water partition coefficient (Wildman–Crippen LogP) is 13.0. The molecule has 2 nitrogen and oxygen atoms in total. The van der Waals surface area contributed by atoms with Crippen molar-refractivity contribution >= 4 is 29.9 Å². The number of benzene rings is 2. The van der Waals surface area contributed by atoms with Gasteiger partial charge in [0.25, 0.3) is 0 Å². The van der Waals surface area contributed by atoms with E-state index < -0.39 is 8.07 Å². The minimum absolute atomic E-state index is 0.389. The summed E-state index contributed by atoms with van der Waals surface area (Å²) in [6.07, 6.45) is 2.11. The Morgan fingerprint density at radius 1 is 0.762 bits per heavy atom. The third-order valence-electron chi connectivity index (χ3n) is 6.07. The molecule has 0 unspecified atom stereocenters. The molecule has 0 aromatic heterocycles. The molecule has 0 amide bonds. The van der Waals surface area contributed by atoms with Gasteiger partial charge in [-0.1, -0.05) is 136 Å². The first-order chi connectivity index (χ1) is 19.1. The van der Waals surface area contributed by atoms with Gasteiger partial charge in [0, 0.05) is 5.71 Å². The quantitative estimate of drug-likeness (QED) is 0.158. The zero-order valence-corrected chi connectivity index (χ0v) is 32.4. The van der Waals surface area contributed by atoms with Gasteiger partial charge < -0.3 is 11.9 Å². The van der Waals surface area contributed by atoms with Crippen LogP contribution in [0.1, 0.15) is 136 Å². The third-order valence-corrected chi connectivity index (χ3v) is 7.28. The fourth-order valence-electron chi connectivity index (χ4n) is 4.00. The van der Waals surface area contributed by atoms with Crippen molar-refractivity contribution in [1.82, 2.24) is 0 Å². The summed E-state index contributed by atoms with van der Waals surface area (Å²) < 4.78 is 2.12. The number of para-hydroxylation sites is 2. The average Bonchev–Trinajstić information content (AvgIpc) is 2.82. The minimum Gasteiger partial charge on any atom is -0.342 e. The van der Waals surface area contributed by atoms with Gasteiger partial charge in [-0.15, -0.1) is 13.8 Å². The van der Waals surface area contributed by atoms with E-state index in [1.807, 2.05) is 0 Å². The average molecular weight is 626 g/mol. The molecule has 0 spiro atoms. The van der Waals surface area contributed by atoms with E-state index in [1.54, 1.807) is 0 Å². The van der Waals surface area contributed by atoms with Crippen molar-refractivity contribution in [2.24, 2.45) is 10.4 Å². The molecule has 0 fully saturated rings. The van der Waals surface area contributed by atoms with Crippen molar-refractivity contribution in [1.29, 1.82) is 0 Å². The molecular formula is C38H62N2SiV. The Hall–Kier alpha value is -1.68. The molecule has 0 heterocycles. The van der Waals surface area contributed by atoms with Gasteiger partial charge in [-0.3, -0.25) is 4.99 Å². The van der Waals surface area contributed by atoms with Crippen LogP contribution in [0.2, 0.25) is 19.6 Å². The molecule has 233 valence electrons. The minimum atomic E-state index is -0.861. The standard InChI is InChI=1S/C29H41N2.C5H10.C4H11Si.V/c1-18(2)24-13-11-14-25(19(3)4)28(24)30-22(9)17-23(10)31-29-26(20(5)6)15-12-16-27(29)21(7)8;2*1-5(2,3)4;/h11-21H,1-10H3;1H,2-4H3;1H2,2-4H3;/q-1;;-1;+2/b22-17-,31-23?;;;. The van der Waals surface area contributed by atoms with Crippen LogP contribution in [0.25, 0.3) is 5.32 Å². The molecular weight excluding hydrogens is 563 g/mol. The Morgan fingerprint density at radius 3 is 1.36 bits per heavy atom. The van der Waals surface area contributed by atoms with Crippen LogP contribution in [-0.4, -0.2) is 18.5 Å². The van der Waals surface area contributed by atoms with Gasteiger partial charge >= 0.3 is 47.9 Å². The Labute approximate surface area is 271 Å². The molecule has 0 atom stereocenters. The van der Waals surface area contributed by atoms with E-state index in [4.69, 9.17) is 10.3 Å². The van der Waals surface area contributed by atoms with Crippen molar-refractivity contribution < 1.29 is 17.0 Å². The summed E-state index contributed by atoms with van der Waals surface area (Å²) in [5, 5.41) is 5.08. The number of hydrogen-bond donors (Lipinski definition) is 0. The molecule has 4 heteroatoms. The van der Waals surface area contributed by atoms with Gasteiger partial charge in [-0.25, -0.2) is 0 Å². The Balaban J connectivity index is 0.00000129. The fourth-order valence-corrected chi connectivity index (χ4v) is 4.00. The van der Waals surface area contributed by atoms with E-state index in [1.165, 1.54) is 22.3 Å². The summed E-state index contributed by atoms with van der Waals surface area (Å²) in [6, 6.07) is 13.1. The molecule has 0 bridgehead atoms. The number of aliphatic imine (C=N–C) groups is 1. The van der Waals surface area contributed by atoms with Crippen molar-refractivity contribution in [2.75, 3.05) is 0 Å². The SMILES string of the molecule is CC(/C=C(/C)[N-]c1c(C(C)C)cccc1C(C)C)=Nc1c(C(C)C)cccc1C(C)C.CC(C)(C)[CH]=[V+2].[CH2-][Si](C)(C)C. The molecule has 42 heavy (non-hydrogen) atoms. The van der Waals surface area contributed by atoms with E-state index in [0.717, 1.165) is 22.8 Å². The zero-order valence-electron chi connectivity index (χ0n) is 30.0. The molecule has 0 aliphatic rings. The first-order valence-electron chi connectivity index (χ1n) is 15.6. The normalized spacial score (nSPS) is 12.7. The maximum atomic E-state index is 5.08. The second-order valence-electron chi connectivity index (χ2n) is 14.9. The van der Waals surface area contributed by atoms with Crippen LogP contribution in [0.4, 0.5) is 11.4 Å². The number of nitrogens with zero attached hydrogens (tertiary/aromatic N) is 2. The third kappa shape index (κ3) is 16.2. The van der Waals surface area contributed by atoms with E-state index in [-0.39, 0.29) is 0 Å². The van der Waals surface area contributed by atoms with Crippen LogP contribution in [0, 0.1) is 12.0 Å². The molecule has 0 radical (unpaired) electrons. The second kappa shape index (κ2) is 18.2. The molecule has 0 saturated carbocycles. The summed E-state index contributed by atoms with van der Waals surface area (Å²) in [4.78, 5) is 5.08. The summed E-state index contributed by atoms with van der Waals surface area (Å²) in [5.74, 6) is 1.75. The van der Waals surface area contributed by atoms with Crippen LogP contribution in [0.5, 0.6) is 0 Å². The van der Waals surface area contributed by atoms with Crippen molar-refractivity contribution in [3.05, 3.63) is 82.3 Å². The Morgan fingerprint density at radius 2 is 1.07 bits per heavy atom. The Bertz CT molecular complexity index is 1110. The summed E-state index contributed by atoms with van der Waals surface area (Å²) in [5.41, 5.74) is 9.84. The van der Waals surface area contributed by atoms with E-state index in [0.29, 0.717) is 29.1 Å². The van der Waals surface area contributed by atoms with Gasteiger partial charge in [0.2, 0.25) is 0 Å². The van der Waals surface area contributed by atoms with Gasteiger partial charge in [-0.05, 0) is 41.7 Å². The first kappa shape index (κ1) is 40.3. The van der Waals surface area contributed by atoms with Crippen LogP contribution in [0.15, 0.2) is 53.2 Å². The topological polar surface area (TPSA) is 26.5 Å². The maximum Gasteiger partial charge on any atom is -0.0951 e. The van der Waals surface area contributed by atoms with Crippen LogP contribution < -0.4 is 0 Å². The van der Waals surface area contributed by atoms with Crippen molar-refractivity contribution in [3.8, 4) is 0 Å². The fraction of sp³-hybridized carbons (Fsp3) is 0.553. The predicted molar refractivity (Wildman–Crippen MR) is 193 cm³/mol. The number of rotatable bonds is 8. The molecule has 0 saturated heterocycles. The second-order valence-corrected chi connectivity index (χ2v) is 20.4. The Kier molecular flexibility index (Phi) is 17.5. The first-order valence-corrected chi connectivity index (χ1v) is 20.1. The molecule has 2 rings (SSSR count). The van der Waals surface area contributed by atoms with E-state index >= 15 is 0 Å². The maximum absolute atomic E-state index is 5.08. The van der Waals surface area contributed by atoms with Crippen LogP contribution in [-0.2, 0) is 17.0 Å². The summed E-state index contributed by atoms with van der Waals surface area (Å²) >= 11 is 2.47. The summed E-state index contributed by atoms with van der Waals surface area (Å²) in [7, 11) is -0.861. The van der Waals surface area contributed by atoms with Crippen LogP contribution >= 0.6 is 0 Å². The zero-order chi connectivity index (χ0) is 33.0. The monoisotopic (exact) mass is 625 g/mol. The number of allylic oxidation sites excluding steroid dienone is 2. The summed E-state index contributed by atoms with van der Waals surface area (Å²) in [6.45, 7) is 39.1. The molecule has 0 aliphatic carbocycles. The van der Waals surface area contributed by atoms with Gasteiger partial charge in [0.05, 0.1) is 5.69 Å². The molecule has 2 aromatic rings. The number of hydrogen-bond acceptors (Lipinski definition) is 1.